The van der Waals surface area contributed by atoms with E-state index >= 15 is 0 Å². The van der Waals surface area contributed by atoms with Crippen LogP contribution in [0.25, 0.3) is 0 Å². The van der Waals surface area contributed by atoms with Crippen molar-refractivity contribution in [2.24, 2.45) is 0 Å². The van der Waals surface area contributed by atoms with Gasteiger partial charge in [-0.1, -0.05) is 6.58 Å². The minimum absolute atomic E-state index is 0.0473. The Balaban J connectivity index is 2.56. The number of H-pyrrole nitrogens is 1. The van der Waals surface area contributed by atoms with E-state index in [0.717, 1.165) is 0 Å². The van der Waals surface area contributed by atoms with Crippen LogP contribution in [0.5, 0.6) is 0 Å². The number of carbonyl (C=O) groups excluding carboxylic acids is 1. The summed E-state index contributed by atoms with van der Waals surface area (Å²) < 4.78 is 0. The van der Waals surface area contributed by atoms with E-state index < -0.39 is 0 Å². The monoisotopic (exact) mass is 137 g/mol. The van der Waals surface area contributed by atoms with Crippen LogP contribution in [0.3, 0.4) is 0 Å². The lowest BCUT2D eigenvalue weighted by atomic mass is 10.2. The normalized spacial score (nSPS) is 9.20. The Hall–Kier alpha value is -1.45. The molecular formula is C6H7N3O. The lowest BCUT2D eigenvalue weighted by molar-refractivity contribution is -0.114. The molecule has 0 radical (unpaired) electrons. The number of nitrogens with zero attached hydrogens (tertiary/aromatic N) is 2. The fourth-order valence-corrected chi connectivity index (χ4v) is 0.561. The van der Waals surface area contributed by atoms with Crippen molar-refractivity contribution < 1.29 is 4.79 Å². The molecule has 0 fully saturated rings. The fourth-order valence-electron chi connectivity index (χ4n) is 0.561. The molecule has 4 nitrogen and oxygen atoms in total. The van der Waals surface area contributed by atoms with Gasteiger partial charge in [0.15, 0.2) is 5.78 Å². The molecule has 0 aromatic carbocycles. The van der Waals surface area contributed by atoms with Crippen LogP contribution >= 0.6 is 0 Å². The van der Waals surface area contributed by atoms with Gasteiger partial charge < -0.3 is 0 Å². The van der Waals surface area contributed by atoms with Crippen molar-refractivity contribution in [2.45, 2.75) is 6.42 Å². The van der Waals surface area contributed by atoms with Crippen molar-refractivity contribution in [2.75, 3.05) is 0 Å². The van der Waals surface area contributed by atoms with E-state index in [1.54, 1.807) is 0 Å². The molecule has 4 heteroatoms. The standard InChI is InChI=1S/C6H7N3O/c1-2-6(10)3-5-4-7-9-8-5/h2,4H,1,3H2,(H,7,8,9). The summed E-state index contributed by atoms with van der Waals surface area (Å²) in [6, 6.07) is 0. The quantitative estimate of drug-likeness (QED) is 0.601. The largest absolute Gasteiger partial charge is 0.294 e. The topological polar surface area (TPSA) is 58.6 Å². The molecule has 0 unspecified atom stereocenters. The van der Waals surface area contributed by atoms with E-state index in [1.165, 1.54) is 12.3 Å². The van der Waals surface area contributed by atoms with Crippen molar-refractivity contribution in [1.82, 2.24) is 15.4 Å². The number of rotatable bonds is 3. The van der Waals surface area contributed by atoms with Crippen molar-refractivity contribution in [1.29, 1.82) is 0 Å². The second kappa shape index (κ2) is 2.91. The van der Waals surface area contributed by atoms with Gasteiger partial charge in [0.1, 0.15) is 0 Å². The maximum atomic E-state index is 10.7. The fraction of sp³-hybridized carbons (Fsp3) is 0.167. The van der Waals surface area contributed by atoms with Crippen LogP contribution < -0.4 is 0 Å². The Bertz CT molecular complexity index is 227. The molecule has 0 atom stereocenters. The number of carbonyl (C=O) groups is 1. The maximum Gasteiger partial charge on any atom is 0.161 e. The molecule has 0 aliphatic heterocycles. The van der Waals surface area contributed by atoms with Crippen LogP contribution in [-0.2, 0) is 11.2 Å². The molecule has 0 saturated carbocycles. The van der Waals surface area contributed by atoms with Crippen molar-refractivity contribution in [3.05, 3.63) is 24.5 Å². The summed E-state index contributed by atoms with van der Waals surface area (Å²) in [5.41, 5.74) is 0.643. The maximum absolute atomic E-state index is 10.7. The van der Waals surface area contributed by atoms with E-state index in [9.17, 15) is 4.79 Å². The van der Waals surface area contributed by atoms with Crippen LogP contribution in [0.2, 0.25) is 0 Å². The molecule has 1 N–H and O–H groups in total. The number of aromatic nitrogens is 3. The zero-order valence-corrected chi connectivity index (χ0v) is 5.37. The molecule has 1 heterocycles. The lowest BCUT2D eigenvalue weighted by Crippen LogP contribution is -1.97. The van der Waals surface area contributed by atoms with Crippen LogP contribution in [0.1, 0.15) is 5.69 Å². The SMILES string of the molecule is C=CC(=O)Cc1cn[nH]n1. The van der Waals surface area contributed by atoms with Gasteiger partial charge in [-0.15, -0.1) is 0 Å². The highest BCUT2D eigenvalue weighted by Crippen LogP contribution is 1.91. The second-order valence-electron chi connectivity index (χ2n) is 1.81. The molecule has 0 aliphatic carbocycles. The Morgan fingerprint density at radius 1 is 1.90 bits per heavy atom. The first-order chi connectivity index (χ1) is 4.83. The first kappa shape index (κ1) is 6.67. The van der Waals surface area contributed by atoms with Crippen LogP contribution in [0, 0.1) is 0 Å². The number of aromatic amines is 1. The minimum atomic E-state index is -0.0473. The zero-order chi connectivity index (χ0) is 7.40. The predicted octanol–water partition coefficient (Wildman–Crippen LogP) is 0.102. The van der Waals surface area contributed by atoms with Gasteiger partial charge in [0.2, 0.25) is 0 Å². The first-order valence-electron chi connectivity index (χ1n) is 2.83. The average Bonchev–Trinajstić information content (AvgIpc) is 2.40. The lowest BCUT2D eigenvalue weighted by Gasteiger charge is -1.85. The first-order valence-corrected chi connectivity index (χ1v) is 2.83. The van der Waals surface area contributed by atoms with Crippen LogP contribution in [-0.4, -0.2) is 21.2 Å². The van der Waals surface area contributed by atoms with Crippen LogP contribution in [0.15, 0.2) is 18.9 Å². The summed E-state index contributed by atoms with van der Waals surface area (Å²) >= 11 is 0. The third-order valence-electron chi connectivity index (χ3n) is 1.05. The summed E-state index contributed by atoms with van der Waals surface area (Å²) in [6.07, 6.45) is 3.07. The van der Waals surface area contributed by atoms with E-state index in [2.05, 4.69) is 22.0 Å². The van der Waals surface area contributed by atoms with Crippen molar-refractivity contribution >= 4 is 5.78 Å². The Kier molecular flexibility index (Phi) is 1.94. The van der Waals surface area contributed by atoms with E-state index in [0.29, 0.717) is 5.69 Å². The summed E-state index contributed by atoms with van der Waals surface area (Å²) in [7, 11) is 0. The minimum Gasteiger partial charge on any atom is -0.294 e. The molecular weight excluding hydrogens is 130 g/mol. The molecule has 0 bridgehead atoms. The molecule has 0 amide bonds. The van der Waals surface area contributed by atoms with E-state index in [1.807, 2.05) is 0 Å². The Morgan fingerprint density at radius 2 is 2.70 bits per heavy atom. The van der Waals surface area contributed by atoms with Crippen molar-refractivity contribution in [3.8, 4) is 0 Å². The van der Waals surface area contributed by atoms with Gasteiger partial charge in [-0.3, -0.25) is 4.79 Å². The number of ketones is 1. The molecule has 1 aromatic rings. The molecule has 0 aliphatic rings. The van der Waals surface area contributed by atoms with Gasteiger partial charge in [-0.2, -0.15) is 15.4 Å². The van der Waals surface area contributed by atoms with Gasteiger partial charge in [-0.05, 0) is 6.08 Å². The van der Waals surface area contributed by atoms with Crippen LogP contribution in [0.4, 0.5) is 0 Å². The van der Waals surface area contributed by atoms with Gasteiger partial charge in [0.05, 0.1) is 18.3 Å². The smallest absolute Gasteiger partial charge is 0.161 e. The second-order valence-corrected chi connectivity index (χ2v) is 1.81. The van der Waals surface area contributed by atoms with E-state index in [4.69, 9.17) is 0 Å². The Morgan fingerprint density at radius 3 is 3.20 bits per heavy atom. The van der Waals surface area contributed by atoms with Gasteiger partial charge in [0, 0.05) is 0 Å². The summed E-state index contributed by atoms with van der Waals surface area (Å²) in [4.78, 5) is 10.7. The highest BCUT2D eigenvalue weighted by atomic mass is 16.1. The van der Waals surface area contributed by atoms with E-state index in [-0.39, 0.29) is 12.2 Å². The zero-order valence-electron chi connectivity index (χ0n) is 5.37. The molecule has 10 heavy (non-hydrogen) atoms. The third-order valence-corrected chi connectivity index (χ3v) is 1.05. The third kappa shape index (κ3) is 1.51. The summed E-state index contributed by atoms with van der Waals surface area (Å²) in [5.74, 6) is -0.0473. The molecule has 0 spiro atoms. The van der Waals surface area contributed by atoms with Gasteiger partial charge >= 0.3 is 0 Å². The molecule has 1 aromatic heterocycles. The highest BCUT2D eigenvalue weighted by Gasteiger charge is 1.99. The number of nitrogens with one attached hydrogen (secondary N) is 1. The number of hydrogen-bond acceptors (Lipinski definition) is 3. The molecule has 1 rings (SSSR count). The predicted molar refractivity (Wildman–Crippen MR) is 35.3 cm³/mol. The van der Waals surface area contributed by atoms with Gasteiger partial charge in [-0.25, -0.2) is 0 Å². The molecule has 52 valence electrons. The highest BCUT2D eigenvalue weighted by molar-refractivity contribution is 5.90. The number of hydrogen-bond donors (Lipinski definition) is 1. The summed E-state index contributed by atoms with van der Waals surface area (Å²) in [5, 5.41) is 9.66. The Labute approximate surface area is 57.9 Å². The summed E-state index contributed by atoms with van der Waals surface area (Å²) in [6.45, 7) is 3.33. The average molecular weight is 137 g/mol. The molecule has 0 saturated heterocycles. The van der Waals surface area contributed by atoms with Crippen molar-refractivity contribution in [3.63, 3.8) is 0 Å². The van der Waals surface area contributed by atoms with Gasteiger partial charge in [0.25, 0.3) is 0 Å². The number of allylic oxidation sites excluding steroid dienone is 1.